The number of halogens is 2. The number of aryl methyl sites for hydroxylation is 1. The van der Waals surface area contributed by atoms with Gasteiger partial charge in [0.2, 0.25) is 0 Å². The molecule has 0 unspecified atom stereocenters. The van der Waals surface area contributed by atoms with E-state index in [4.69, 9.17) is 11.6 Å². The highest BCUT2D eigenvalue weighted by Crippen LogP contribution is 2.27. The van der Waals surface area contributed by atoms with Crippen molar-refractivity contribution in [1.29, 1.82) is 0 Å². The van der Waals surface area contributed by atoms with E-state index in [0.717, 1.165) is 15.7 Å². The summed E-state index contributed by atoms with van der Waals surface area (Å²) >= 11 is 8.55. The molecule has 0 aliphatic rings. The van der Waals surface area contributed by atoms with E-state index < -0.39 is 0 Å². The number of anilines is 2. The number of carbonyl (C=O) groups excluding carboxylic acids is 1. The number of carbonyl (C=O) groups is 1. The van der Waals surface area contributed by atoms with Gasteiger partial charge >= 0.3 is 0 Å². The molecule has 0 aliphatic heterocycles. The lowest BCUT2D eigenvalue weighted by Gasteiger charge is -2.10. The van der Waals surface area contributed by atoms with Crippen molar-refractivity contribution in [3.05, 3.63) is 76.3 Å². The molecule has 0 aliphatic carbocycles. The van der Waals surface area contributed by atoms with E-state index in [1.807, 2.05) is 53.8 Å². The van der Waals surface area contributed by atoms with Crippen LogP contribution < -0.4 is 10.6 Å². The summed E-state index contributed by atoms with van der Waals surface area (Å²) in [5.41, 5.74) is 2.74. The maximum Gasteiger partial charge on any atom is 0.259 e. The Kier molecular flexibility index (Phi) is 16.7. The third kappa shape index (κ3) is 11.4. The number of amides is 1. The van der Waals surface area contributed by atoms with Crippen molar-refractivity contribution in [2.45, 2.75) is 34.6 Å². The molecule has 0 aromatic heterocycles. The topological polar surface area (TPSA) is 61.4 Å². The largest absolute Gasteiger partial charge is 0.507 e. The Balaban J connectivity index is 0. The van der Waals surface area contributed by atoms with Crippen molar-refractivity contribution < 1.29 is 9.90 Å². The zero-order valence-electron chi connectivity index (χ0n) is 18.1. The lowest BCUT2D eigenvalue weighted by atomic mass is 10.1. The van der Waals surface area contributed by atoms with Crippen LogP contribution in [0.25, 0.3) is 0 Å². The van der Waals surface area contributed by atoms with Crippen molar-refractivity contribution in [2.75, 3.05) is 17.7 Å². The Hall–Kier alpha value is -2.24. The van der Waals surface area contributed by atoms with Crippen LogP contribution >= 0.6 is 27.5 Å². The maximum atomic E-state index is 12.1. The monoisotopic (exact) mass is 482 g/mol. The van der Waals surface area contributed by atoms with Crippen LogP contribution in [0, 0.1) is 6.92 Å². The molecular formula is C23H32BrClN2O2. The van der Waals surface area contributed by atoms with Crippen LogP contribution in [0.4, 0.5) is 11.4 Å². The summed E-state index contributed by atoms with van der Waals surface area (Å²) in [5, 5.41) is 16.1. The van der Waals surface area contributed by atoms with Crippen LogP contribution in [0.3, 0.4) is 0 Å². The Labute approximate surface area is 188 Å². The Bertz CT molecular complexity index is 792. The number of rotatable bonds is 4. The average molecular weight is 484 g/mol. The lowest BCUT2D eigenvalue weighted by Crippen LogP contribution is -2.12. The number of hydrogen-bond acceptors (Lipinski definition) is 3. The van der Waals surface area contributed by atoms with Gasteiger partial charge in [0.1, 0.15) is 5.75 Å². The van der Waals surface area contributed by atoms with Crippen molar-refractivity contribution in [1.82, 2.24) is 0 Å². The molecule has 6 heteroatoms. The molecule has 0 fully saturated rings. The molecule has 1 amide bonds. The van der Waals surface area contributed by atoms with Gasteiger partial charge in [0, 0.05) is 22.2 Å². The van der Waals surface area contributed by atoms with Gasteiger partial charge in [0.25, 0.3) is 5.91 Å². The molecule has 0 saturated carbocycles. The first kappa shape index (κ1) is 29.0. The second-order valence-electron chi connectivity index (χ2n) is 5.07. The Morgan fingerprint density at radius 2 is 1.69 bits per heavy atom. The molecule has 3 N–H and O–H groups in total. The molecule has 29 heavy (non-hydrogen) atoms. The number of phenolic OH excluding ortho intramolecular Hbond substituents is 1. The molecule has 0 radical (unpaired) electrons. The minimum atomic E-state index is -0.347. The van der Waals surface area contributed by atoms with E-state index in [2.05, 4.69) is 39.7 Å². The normalized spacial score (nSPS) is 8.55. The standard InChI is InChI=1S/C15H15BrN2O2.C4H5Cl.2C2H6/c1-9-3-5-11(14(19)7-9)15(20)18-13-6-4-10(17-2)8-12(13)16;1-3-4(2)5;2*1-2/h3-8,17,19H,1-2H3,(H,18,20);3H,1-2H2;2*1-2H3. The first-order chi connectivity index (χ1) is 13.8. The lowest BCUT2D eigenvalue weighted by molar-refractivity contribution is 0.102. The molecule has 2 aromatic carbocycles. The predicted molar refractivity (Wildman–Crippen MR) is 132 cm³/mol. The van der Waals surface area contributed by atoms with Crippen molar-refractivity contribution in [3.63, 3.8) is 0 Å². The number of nitrogens with one attached hydrogen (secondary N) is 2. The summed E-state index contributed by atoms with van der Waals surface area (Å²) in [4.78, 5) is 12.1. The molecule has 0 spiro atoms. The van der Waals surface area contributed by atoms with Gasteiger partial charge in [-0.1, -0.05) is 64.6 Å². The molecule has 160 valence electrons. The van der Waals surface area contributed by atoms with Crippen molar-refractivity contribution >= 4 is 44.8 Å². The molecule has 0 saturated heterocycles. The van der Waals surface area contributed by atoms with Crippen molar-refractivity contribution in [3.8, 4) is 5.75 Å². The van der Waals surface area contributed by atoms with Gasteiger partial charge in [0.15, 0.2) is 0 Å². The number of allylic oxidation sites excluding steroid dienone is 2. The van der Waals surface area contributed by atoms with Gasteiger partial charge in [0.05, 0.1) is 11.3 Å². The van der Waals surface area contributed by atoms with E-state index in [9.17, 15) is 9.90 Å². The SMILES string of the molecule is C=CC(=C)Cl.CC.CC.CNc1ccc(NC(=O)c2ccc(C)cc2O)c(Br)c1. The summed E-state index contributed by atoms with van der Waals surface area (Å²) in [6.45, 7) is 16.5. The fourth-order valence-electron chi connectivity index (χ4n) is 1.80. The van der Waals surface area contributed by atoms with Crippen LogP contribution in [0.5, 0.6) is 5.75 Å². The number of hydrogen-bond donors (Lipinski definition) is 3. The fourth-order valence-corrected chi connectivity index (χ4v) is 2.27. The van der Waals surface area contributed by atoms with E-state index in [1.165, 1.54) is 6.08 Å². The van der Waals surface area contributed by atoms with Gasteiger partial charge in [-0.2, -0.15) is 0 Å². The van der Waals surface area contributed by atoms with E-state index in [0.29, 0.717) is 10.7 Å². The first-order valence-electron chi connectivity index (χ1n) is 9.33. The summed E-state index contributed by atoms with van der Waals surface area (Å²) in [6.07, 6.45) is 1.49. The smallest absolute Gasteiger partial charge is 0.259 e. The summed E-state index contributed by atoms with van der Waals surface area (Å²) < 4.78 is 0.768. The zero-order chi connectivity index (χ0) is 23.0. The fraction of sp³-hybridized carbons (Fsp3) is 0.261. The first-order valence-corrected chi connectivity index (χ1v) is 10.5. The predicted octanol–water partition coefficient (Wildman–Crippen LogP) is 7.73. The molecule has 0 heterocycles. The minimum Gasteiger partial charge on any atom is -0.507 e. The summed E-state index contributed by atoms with van der Waals surface area (Å²) in [7, 11) is 1.82. The quantitative estimate of drug-likeness (QED) is 0.390. The van der Waals surface area contributed by atoms with E-state index >= 15 is 0 Å². The second kappa shape index (κ2) is 16.7. The van der Waals surface area contributed by atoms with E-state index in [1.54, 1.807) is 24.3 Å². The van der Waals surface area contributed by atoms with Crippen LogP contribution in [0.1, 0.15) is 43.6 Å². The van der Waals surface area contributed by atoms with Gasteiger partial charge in [-0.25, -0.2) is 0 Å². The van der Waals surface area contributed by atoms with E-state index in [-0.39, 0.29) is 17.2 Å². The molecule has 2 rings (SSSR count). The summed E-state index contributed by atoms with van der Waals surface area (Å²) in [5.74, 6) is -0.370. The molecule has 0 atom stereocenters. The van der Waals surface area contributed by atoms with Crippen LogP contribution in [-0.2, 0) is 0 Å². The Morgan fingerprint density at radius 1 is 1.14 bits per heavy atom. The van der Waals surface area contributed by atoms with Crippen molar-refractivity contribution in [2.24, 2.45) is 0 Å². The van der Waals surface area contributed by atoms with Gasteiger partial charge in [-0.3, -0.25) is 4.79 Å². The number of benzene rings is 2. The molecule has 4 nitrogen and oxygen atoms in total. The van der Waals surface area contributed by atoms with Crippen LogP contribution in [0.15, 0.2) is 65.1 Å². The molecule has 0 bridgehead atoms. The number of aromatic hydroxyl groups is 1. The maximum absolute atomic E-state index is 12.1. The minimum absolute atomic E-state index is 0.0227. The number of phenols is 1. The average Bonchev–Trinajstić information content (AvgIpc) is 2.72. The third-order valence-electron chi connectivity index (χ3n) is 3.13. The van der Waals surface area contributed by atoms with Gasteiger partial charge in [-0.15, -0.1) is 0 Å². The summed E-state index contributed by atoms with van der Waals surface area (Å²) in [6, 6.07) is 10.5. The molecule has 2 aromatic rings. The van der Waals surface area contributed by atoms with Crippen LogP contribution in [-0.4, -0.2) is 18.1 Å². The highest BCUT2D eigenvalue weighted by atomic mass is 79.9. The highest BCUT2D eigenvalue weighted by molar-refractivity contribution is 9.10. The zero-order valence-corrected chi connectivity index (χ0v) is 20.4. The third-order valence-corrected chi connectivity index (χ3v) is 3.94. The van der Waals surface area contributed by atoms with Gasteiger partial charge < -0.3 is 15.7 Å². The second-order valence-corrected chi connectivity index (χ2v) is 6.41. The van der Waals surface area contributed by atoms with Gasteiger partial charge in [-0.05, 0) is 58.7 Å². The van der Waals surface area contributed by atoms with Crippen LogP contribution in [0.2, 0.25) is 0 Å². The Morgan fingerprint density at radius 3 is 2.10 bits per heavy atom. The highest BCUT2D eigenvalue weighted by Gasteiger charge is 2.12. The molecular weight excluding hydrogens is 452 g/mol.